The fourth-order valence-corrected chi connectivity index (χ4v) is 4.26. The molecule has 0 aliphatic carbocycles. The Labute approximate surface area is 202 Å². The van der Waals surface area contributed by atoms with Gasteiger partial charge in [-0.25, -0.2) is 4.98 Å². The number of amides is 1. The van der Waals surface area contributed by atoms with E-state index in [1.807, 2.05) is 54.6 Å². The van der Waals surface area contributed by atoms with E-state index < -0.39 is 0 Å². The van der Waals surface area contributed by atoms with E-state index in [0.29, 0.717) is 39.4 Å². The highest BCUT2D eigenvalue weighted by molar-refractivity contribution is 6.36. The van der Waals surface area contributed by atoms with Crippen LogP contribution >= 0.6 is 11.6 Å². The van der Waals surface area contributed by atoms with Crippen LogP contribution < -0.4 is 10.1 Å². The molecule has 170 valence electrons. The average molecular weight is 471 g/mol. The lowest BCUT2D eigenvalue weighted by Gasteiger charge is -2.13. The van der Waals surface area contributed by atoms with Gasteiger partial charge in [0.25, 0.3) is 5.91 Å². The van der Waals surface area contributed by atoms with Gasteiger partial charge >= 0.3 is 0 Å². The second-order valence-electron chi connectivity index (χ2n) is 8.41. The third-order valence-corrected chi connectivity index (χ3v) is 6.22. The zero-order valence-electron chi connectivity index (χ0n) is 19.1. The van der Waals surface area contributed by atoms with E-state index in [4.69, 9.17) is 20.8 Å². The lowest BCUT2D eigenvalue weighted by molar-refractivity contribution is 0.102. The van der Waals surface area contributed by atoms with E-state index in [-0.39, 0.29) is 5.91 Å². The smallest absolute Gasteiger partial charge is 0.256 e. The first kappa shape index (κ1) is 22.0. The summed E-state index contributed by atoms with van der Waals surface area (Å²) in [5, 5.41) is 5.19. The van der Waals surface area contributed by atoms with E-state index in [2.05, 4.69) is 30.2 Å². The monoisotopic (exact) mass is 470 g/mol. The largest absolute Gasteiger partial charge is 0.495 e. The minimum atomic E-state index is -0.262. The van der Waals surface area contributed by atoms with Gasteiger partial charge in [0.15, 0.2) is 5.58 Å². The molecule has 0 saturated carbocycles. The van der Waals surface area contributed by atoms with Crippen molar-refractivity contribution in [3.8, 4) is 17.2 Å². The third kappa shape index (κ3) is 3.99. The summed E-state index contributed by atoms with van der Waals surface area (Å²) in [6, 6.07) is 22.5. The van der Waals surface area contributed by atoms with Gasteiger partial charge in [0.2, 0.25) is 5.89 Å². The number of methoxy groups -OCH3 is 1. The number of benzene rings is 4. The molecule has 0 fully saturated rings. The Morgan fingerprint density at radius 2 is 1.79 bits per heavy atom. The van der Waals surface area contributed by atoms with E-state index in [0.717, 1.165) is 21.9 Å². The van der Waals surface area contributed by atoms with Crippen LogP contribution in [0.1, 0.15) is 35.7 Å². The summed E-state index contributed by atoms with van der Waals surface area (Å²) < 4.78 is 11.5. The van der Waals surface area contributed by atoms with Crippen molar-refractivity contribution in [1.29, 1.82) is 0 Å². The SMILES string of the molecule is COc1ccc(-c2nc3cc(C(C)C)ccc3o2)cc1NC(=O)c1cccc2c(Cl)cccc12. The van der Waals surface area contributed by atoms with Crippen LogP contribution in [0.25, 0.3) is 33.3 Å². The Bertz CT molecular complexity index is 1540. The minimum absolute atomic E-state index is 0.262. The number of hydrogen-bond donors (Lipinski definition) is 1. The Balaban J connectivity index is 1.52. The van der Waals surface area contributed by atoms with Crippen LogP contribution in [0, 0.1) is 0 Å². The Morgan fingerprint density at radius 3 is 2.59 bits per heavy atom. The predicted molar refractivity (Wildman–Crippen MR) is 137 cm³/mol. The molecule has 1 heterocycles. The number of carbonyl (C=O) groups excluding carboxylic acids is 1. The molecule has 1 amide bonds. The summed E-state index contributed by atoms with van der Waals surface area (Å²) in [6.45, 7) is 4.29. The van der Waals surface area contributed by atoms with Gasteiger partial charge in [0.1, 0.15) is 11.3 Å². The number of aromatic nitrogens is 1. The molecule has 5 aromatic rings. The van der Waals surface area contributed by atoms with Crippen LogP contribution in [0.4, 0.5) is 5.69 Å². The highest BCUT2D eigenvalue weighted by atomic mass is 35.5. The lowest BCUT2D eigenvalue weighted by atomic mass is 10.0. The van der Waals surface area contributed by atoms with Crippen molar-refractivity contribution in [1.82, 2.24) is 4.98 Å². The summed E-state index contributed by atoms with van der Waals surface area (Å²) in [5.74, 6) is 1.15. The molecule has 0 atom stereocenters. The zero-order valence-corrected chi connectivity index (χ0v) is 19.8. The third-order valence-electron chi connectivity index (χ3n) is 5.89. The fourth-order valence-electron chi connectivity index (χ4n) is 4.03. The molecule has 0 bridgehead atoms. The Kier molecular flexibility index (Phi) is 5.72. The van der Waals surface area contributed by atoms with Gasteiger partial charge in [0, 0.05) is 21.5 Å². The van der Waals surface area contributed by atoms with E-state index >= 15 is 0 Å². The maximum Gasteiger partial charge on any atom is 0.256 e. The number of ether oxygens (including phenoxy) is 1. The van der Waals surface area contributed by atoms with Crippen molar-refractivity contribution in [2.45, 2.75) is 19.8 Å². The van der Waals surface area contributed by atoms with Crippen molar-refractivity contribution < 1.29 is 13.9 Å². The van der Waals surface area contributed by atoms with Crippen molar-refractivity contribution in [2.24, 2.45) is 0 Å². The topological polar surface area (TPSA) is 64.4 Å². The fraction of sp³-hybridized carbons (Fsp3) is 0.143. The zero-order chi connectivity index (χ0) is 23.8. The number of hydrogen-bond acceptors (Lipinski definition) is 4. The normalized spacial score (nSPS) is 11.3. The molecule has 0 saturated heterocycles. The maximum absolute atomic E-state index is 13.2. The van der Waals surface area contributed by atoms with Gasteiger partial charge in [-0.2, -0.15) is 0 Å². The first-order chi connectivity index (χ1) is 16.4. The number of rotatable bonds is 5. The standard InChI is InChI=1S/C28H23ClN2O3/c1-16(2)17-10-13-26-24(14-17)31-28(34-26)18-11-12-25(33-3)23(15-18)30-27(32)21-8-4-7-20-19(21)6-5-9-22(20)29/h4-16H,1-3H3,(H,30,32). The first-order valence-corrected chi connectivity index (χ1v) is 11.4. The highest BCUT2D eigenvalue weighted by Gasteiger charge is 2.16. The van der Waals surface area contributed by atoms with Crippen LogP contribution in [-0.2, 0) is 0 Å². The molecule has 0 radical (unpaired) electrons. The predicted octanol–water partition coefficient (Wildman–Crippen LogP) is 7.69. The molecule has 5 nitrogen and oxygen atoms in total. The Morgan fingerprint density at radius 1 is 1.00 bits per heavy atom. The van der Waals surface area contributed by atoms with E-state index in [9.17, 15) is 4.79 Å². The molecular weight excluding hydrogens is 448 g/mol. The molecule has 5 rings (SSSR count). The van der Waals surface area contributed by atoms with Crippen LogP contribution in [-0.4, -0.2) is 18.0 Å². The van der Waals surface area contributed by atoms with Crippen LogP contribution in [0.2, 0.25) is 5.02 Å². The van der Waals surface area contributed by atoms with Gasteiger partial charge in [-0.1, -0.05) is 55.8 Å². The second kappa shape index (κ2) is 8.84. The number of halogens is 1. The van der Waals surface area contributed by atoms with Crippen LogP contribution in [0.5, 0.6) is 5.75 Å². The van der Waals surface area contributed by atoms with Gasteiger partial charge in [-0.3, -0.25) is 4.79 Å². The number of anilines is 1. The molecule has 0 unspecified atom stereocenters. The summed E-state index contributed by atoms with van der Waals surface area (Å²) >= 11 is 6.32. The number of nitrogens with one attached hydrogen (secondary N) is 1. The number of oxazole rings is 1. The van der Waals surface area contributed by atoms with Gasteiger partial charge < -0.3 is 14.5 Å². The van der Waals surface area contributed by atoms with Crippen molar-refractivity contribution in [3.63, 3.8) is 0 Å². The van der Waals surface area contributed by atoms with Gasteiger partial charge in [0.05, 0.1) is 12.8 Å². The first-order valence-electron chi connectivity index (χ1n) is 11.0. The molecule has 0 aliphatic heterocycles. The van der Waals surface area contributed by atoms with Gasteiger partial charge in [-0.15, -0.1) is 0 Å². The molecule has 34 heavy (non-hydrogen) atoms. The summed E-state index contributed by atoms with van der Waals surface area (Å²) in [6.07, 6.45) is 0. The second-order valence-corrected chi connectivity index (χ2v) is 8.82. The summed E-state index contributed by atoms with van der Waals surface area (Å²) in [4.78, 5) is 17.9. The van der Waals surface area contributed by atoms with E-state index in [1.54, 1.807) is 19.2 Å². The molecule has 6 heteroatoms. The minimum Gasteiger partial charge on any atom is -0.495 e. The van der Waals surface area contributed by atoms with Crippen molar-refractivity contribution >= 4 is 45.1 Å². The molecular formula is C28H23ClN2O3. The average Bonchev–Trinajstić information content (AvgIpc) is 3.27. The van der Waals surface area contributed by atoms with E-state index in [1.165, 1.54) is 5.56 Å². The molecule has 0 aliphatic rings. The quantitative estimate of drug-likeness (QED) is 0.286. The molecule has 1 N–H and O–H groups in total. The van der Waals surface area contributed by atoms with Crippen LogP contribution in [0.3, 0.4) is 0 Å². The number of nitrogens with zero attached hydrogens (tertiary/aromatic N) is 1. The highest BCUT2D eigenvalue weighted by Crippen LogP contribution is 2.34. The molecule has 1 aromatic heterocycles. The molecule has 4 aromatic carbocycles. The number of fused-ring (bicyclic) bond motifs is 2. The lowest BCUT2D eigenvalue weighted by Crippen LogP contribution is -2.13. The maximum atomic E-state index is 13.2. The van der Waals surface area contributed by atoms with Crippen molar-refractivity contribution in [3.05, 3.63) is 88.9 Å². The van der Waals surface area contributed by atoms with Crippen LogP contribution in [0.15, 0.2) is 77.2 Å². The molecule has 0 spiro atoms. The Hall–Kier alpha value is -3.83. The summed E-state index contributed by atoms with van der Waals surface area (Å²) in [5.41, 5.74) is 4.50. The van der Waals surface area contributed by atoms with Gasteiger partial charge in [-0.05, 0) is 59.3 Å². The summed E-state index contributed by atoms with van der Waals surface area (Å²) in [7, 11) is 1.56. The van der Waals surface area contributed by atoms with Crippen molar-refractivity contribution in [2.75, 3.05) is 12.4 Å². The number of carbonyl (C=O) groups is 1.